The molecular weight excluding hydrogens is 328 g/mol. The van der Waals surface area contributed by atoms with Crippen LogP contribution in [-0.4, -0.2) is 29.8 Å². The highest BCUT2D eigenvalue weighted by atomic mass is 32.2. The Hall–Kier alpha value is -2.28. The first-order valence-electron chi connectivity index (χ1n) is 7.72. The summed E-state index contributed by atoms with van der Waals surface area (Å²) in [6.07, 6.45) is 2.26. The molecule has 0 aliphatic rings. The van der Waals surface area contributed by atoms with Gasteiger partial charge in [0.2, 0.25) is 10.0 Å². The molecule has 0 saturated heterocycles. The van der Waals surface area contributed by atoms with E-state index in [1.54, 1.807) is 35.0 Å². The number of benzene rings is 1. The van der Waals surface area contributed by atoms with Gasteiger partial charge in [-0.15, -0.1) is 0 Å². The fraction of sp³-hybridized carbons (Fsp3) is 0.353. The lowest BCUT2D eigenvalue weighted by molar-refractivity contribution is 0.0688. The van der Waals surface area contributed by atoms with Crippen LogP contribution in [0.25, 0.3) is 5.69 Å². The molecule has 0 atom stereocenters. The van der Waals surface area contributed by atoms with Gasteiger partial charge in [0, 0.05) is 17.6 Å². The molecule has 0 unspecified atom stereocenters. The Morgan fingerprint density at radius 3 is 2.58 bits per heavy atom. The van der Waals surface area contributed by atoms with E-state index in [9.17, 15) is 18.3 Å². The van der Waals surface area contributed by atoms with Gasteiger partial charge in [-0.3, -0.25) is 4.72 Å². The van der Waals surface area contributed by atoms with Crippen molar-refractivity contribution in [2.75, 3.05) is 10.5 Å². The van der Waals surface area contributed by atoms with Crippen LogP contribution in [0.2, 0.25) is 0 Å². The summed E-state index contributed by atoms with van der Waals surface area (Å²) in [6, 6.07) is 8.23. The molecule has 0 aliphatic carbocycles. The highest BCUT2D eigenvalue weighted by Gasteiger charge is 2.14. The lowest BCUT2D eigenvalue weighted by Gasteiger charge is -2.13. The van der Waals surface area contributed by atoms with Crippen molar-refractivity contribution in [3.8, 4) is 5.69 Å². The van der Waals surface area contributed by atoms with Crippen molar-refractivity contribution in [2.24, 2.45) is 5.92 Å². The Balaban J connectivity index is 2.24. The number of carbonyl (C=O) groups is 1. The summed E-state index contributed by atoms with van der Waals surface area (Å²) in [6.45, 7) is 5.77. The minimum Gasteiger partial charge on any atom is -0.477 e. The first-order chi connectivity index (χ1) is 11.2. The molecule has 6 nitrogen and oxygen atoms in total. The predicted octanol–water partition coefficient (Wildman–Crippen LogP) is 3.27. The highest BCUT2D eigenvalue weighted by Crippen LogP contribution is 2.22. The van der Waals surface area contributed by atoms with Crippen LogP contribution < -0.4 is 4.72 Å². The fourth-order valence-electron chi connectivity index (χ4n) is 2.38. The Morgan fingerprint density at radius 1 is 1.29 bits per heavy atom. The van der Waals surface area contributed by atoms with Gasteiger partial charge in [-0.25, -0.2) is 13.2 Å². The number of aromatic nitrogens is 1. The van der Waals surface area contributed by atoms with Crippen LogP contribution in [0.3, 0.4) is 0 Å². The van der Waals surface area contributed by atoms with Gasteiger partial charge >= 0.3 is 5.97 Å². The average molecular weight is 350 g/mol. The SMILES string of the molecule is Cc1cc(NS(=O)(=O)CCC(C)C)ccc1-n1cccc1C(=O)O. The highest BCUT2D eigenvalue weighted by molar-refractivity contribution is 7.92. The number of nitrogens with one attached hydrogen (secondary N) is 1. The van der Waals surface area contributed by atoms with E-state index < -0.39 is 16.0 Å². The lowest BCUT2D eigenvalue weighted by atomic mass is 10.1. The van der Waals surface area contributed by atoms with Gasteiger partial charge in [-0.2, -0.15) is 0 Å². The minimum absolute atomic E-state index is 0.0756. The van der Waals surface area contributed by atoms with Crippen molar-refractivity contribution >= 4 is 21.7 Å². The van der Waals surface area contributed by atoms with Crippen LogP contribution in [0.1, 0.15) is 36.3 Å². The number of hydrogen-bond acceptors (Lipinski definition) is 3. The lowest BCUT2D eigenvalue weighted by Crippen LogP contribution is -2.18. The summed E-state index contributed by atoms with van der Waals surface area (Å²) in [5, 5.41) is 9.21. The average Bonchev–Trinajstić information content (AvgIpc) is 2.94. The topological polar surface area (TPSA) is 88.4 Å². The largest absolute Gasteiger partial charge is 0.477 e. The zero-order valence-electron chi connectivity index (χ0n) is 14.0. The molecule has 0 aliphatic heterocycles. The third-order valence-electron chi connectivity index (χ3n) is 3.66. The molecule has 0 radical (unpaired) electrons. The quantitative estimate of drug-likeness (QED) is 0.802. The molecule has 1 heterocycles. The van der Waals surface area contributed by atoms with Crippen molar-refractivity contribution < 1.29 is 18.3 Å². The van der Waals surface area contributed by atoms with Gasteiger partial charge in [0.25, 0.3) is 0 Å². The number of rotatable bonds is 7. The van der Waals surface area contributed by atoms with E-state index in [0.717, 1.165) is 5.56 Å². The minimum atomic E-state index is -3.39. The Bertz CT molecular complexity index is 838. The number of aromatic carboxylic acids is 1. The zero-order chi connectivity index (χ0) is 17.9. The van der Waals surface area contributed by atoms with E-state index >= 15 is 0 Å². The molecule has 1 aromatic heterocycles. The van der Waals surface area contributed by atoms with Gasteiger partial charge in [0.05, 0.1) is 5.75 Å². The van der Waals surface area contributed by atoms with Gasteiger partial charge in [0.15, 0.2) is 0 Å². The second kappa shape index (κ2) is 7.09. The maximum atomic E-state index is 12.1. The molecule has 24 heavy (non-hydrogen) atoms. The molecule has 1 aromatic carbocycles. The monoisotopic (exact) mass is 350 g/mol. The van der Waals surface area contributed by atoms with E-state index in [2.05, 4.69) is 4.72 Å². The number of carboxylic acids is 1. The molecule has 2 rings (SSSR count). The van der Waals surface area contributed by atoms with Crippen LogP contribution in [-0.2, 0) is 10.0 Å². The van der Waals surface area contributed by atoms with E-state index in [0.29, 0.717) is 23.7 Å². The van der Waals surface area contributed by atoms with E-state index in [1.165, 1.54) is 6.07 Å². The molecule has 0 fully saturated rings. The molecule has 0 spiro atoms. The number of hydrogen-bond donors (Lipinski definition) is 2. The van der Waals surface area contributed by atoms with E-state index in [-0.39, 0.29) is 11.4 Å². The molecule has 2 N–H and O–H groups in total. The van der Waals surface area contributed by atoms with Crippen LogP contribution in [0.4, 0.5) is 5.69 Å². The first kappa shape index (κ1) is 18.1. The fourth-order valence-corrected chi connectivity index (χ4v) is 3.75. The molecular formula is C17H22N2O4S. The molecule has 0 amide bonds. The number of carboxylic acid groups (broad SMARTS) is 1. The van der Waals surface area contributed by atoms with Crippen molar-refractivity contribution in [3.05, 3.63) is 47.8 Å². The summed E-state index contributed by atoms with van der Waals surface area (Å²) in [5.74, 6) is -0.626. The summed E-state index contributed by atoms with van der Waals surface area (Å²) in [4.78, 5) is 11.2. The van der Waals surface area contributed by atoms with E-state index in [1.807, 2.05) is 20.8 Å². The maximum absolute atomic E-state index is 12.1. The van der Waals surface area contributed by atoms with Gasteiger partial charge in [-0.05, 0) is 55.2 Å². The molecule has 2 aromatic rings. The summed E-state index contributed by atoms with van der Waals surface area (Å²) >= 11 is 0. The van der Waals surface area contributed by atoms with E-state index in [4.69, 9.17) is 0 Å². The van der Waals surface area contributed by atoms with Gasteiger partial charge in [0.1, 0.15) is 5.69 Å². The summed E-state index contributed by atoms with van der Waals surface area (Å²) in [7, 11) is -3.39. The number of anilines is 1. The number of sulfonamides is 1. The molecule has 130 valence electrons. The Morgan fingerprint density at radius 2 is 2.00 bits per heavy atom. The smallest absolute Gasteiger partial charge is 0.352 e. The first-order valence-corrected chi connectivity index (χ1v) is 9.37. The standard InChI is InChI=1S/C17H22N2O4S/c1-12(2)8-10-24(22,23)18-14-6-7-15(13(3)11-14)19-9-4-5-16(19)17(20)21/h4-7,9,11-12,18H,8,10H2,1-3H3,(H,20,21). The predicted molar refractivity (Wildman–Crippen MR) is 94.3 cm³/mol. The van der Waals surface area contributed by atoms with Crippen LogP contribution >= 0.6 is 0 Å². The van der Waals surface area contributed by atoms with Crippen LogP contribution in [0, 0.1) is 12.8 Å². The zero-order valence-corrected chi connectivity index (χ0v) is 14.8. The number of aryl methyl sites for hydroxylation is 1. The van der Waals surface area contributed by atoms with Crippen LogP contribution in [0.5, 0.6) is 0 Å². The van der Waals surface area contributed by atoms with Gasteiger partial charge < -0.3 is 9.67 Å². The molecule has 0 saturated carbocycles. The van der Waals surface area contributed by atoms with Crippen LogP contribution in [0.15, 0.2) is 36.5 Å². The summed E-state index contributed by atoms with van der Waals surface area (Å²) < 4.78 is 28.3. The Labute approximate surface area is 142 Å². The Kier molecular flexibility index (Phi) is 5.33. The third-order valence-corrected chi connectivity index (χ3v) is 4.98. The third kappa shape index (κ3) is 4.38. The van der Waals surface area contributed by atoms with Crippen molar-refractivity contribution in [2.45, 2.75) is 27.2 Å². The molecule has 7 heteroatoms. The summed E-state index contributed by atoms with van der Waals surface area (Å²) in [5.41, 5.74) is 2.10. The van der Waals surface area contributed by atoms with Gasteiger partial charge in [-0.1, -0.05) is 13.8 Å². The second-order valence-electron chi connectivity index (χ2n) is 6.17. The normalized spacial score (nSPS) is 11.7. The maximum Gasteiger partial charge on any atom is 0.352 e. The number of nitrogens with zero attached hydrogens (tertiary/aromatic N) is 1. The molecule has 0 bridgehead atoms. The van der Waals surface area contributed by atoms with Crippen molar-refractivity contribution in [1.29, 1.82) is 0 Å². The second-order valence-corrected chi connectivity index (χ2v) is 8.02. The van der Waals surface area contributed by atoms with Crippen molar-refractivity contribution in [1.82, 2.24) is 4.57 Å². The van der Waals surface area contributed by atoms with Crippen molar-refractivity contribution in [3.63, 3.8) is 0 Å².